The van der Waals surface area contributed by atoms with Crippen molar-refractivity contribution in [1.82, 2.24) is 5.32 Å². The number of primary amides is 1. The Hall–Kier alpha value is -3.68. The molecule has 0 radical (unpaired) electrons. The fourth-order valence-electron chi connectivity index (χ4n) is 5.20. The number of amides is 5. The van der Waals surface area contributed by atoms with Crippen LogP contribution in [0.4, 0.5) is 16.2 Å². The third-order valence-electron chi connectivity index (χ3n) is 6.67. The maximum Gasteiger partial charge on any atom is 0.335 e. The maximum atomic E-state index is 13.9. The van der Waals surface area contributed by atoms with Gasteiger partial charge in [0.1, 0.15) is 0 Å². The van der Waals surface area contributed by atoms with E-state index in [1.165, 1.54) is 24.3 Å². The van der Waals surface area contributed by atoms with E-state index in [1.54, 1.807) is 0 Å². The number of piperidine rings is 1. The number of hydrogen-bond donors (Lipinski definition) is 2. The highest BCUT2D eigenvalue weighted by Gasteiger charge is 2.62. The highest BCUT2D eigenvalue weighted by molar-refractivity contribution is 6.30. The predicted octanol–water partition coefficient (Wildman–Crippen LogP) is 1.97. The lowest BCUT2D eigenvalue weighted by Crippen LogP contribution is -2.72. The fraction of sp³-hybridized carbons (Fsp3) is 0.304. The molecule has 3 heterocycles. The summed E-state index contributed by atoms with van der Waals surface area (Å²) in [6.45, 7) is 0.755. The number of benzene rings is 2. The Balaban J connectivity index is 1.62. The van der Waals surface area contributed by atoms with Crippen molar-refractivity contribution in [1.29, 1.82) is 0 Å². The highest BCUT2D eigenvalue weighted by atomic mass is 16.2. The topological polar surface area (TPSA) is 113 Å². The summed E-state index contributed by atoms with van der Waals surface area (Å²) in [7, 11) is 0. The summed E-state index contributed by atoms with van der Waals surface area (Å²) >= 11 is 0. The lowest BCUT2D eigenvalue weighted by atomic mass is 9.66. The quantitative estimate of drug-likeness (QED) is 0.724. The summed E-state index contributed by atoms with van der Waals surface area (Å²) in [4.78, 5) is 54.5. The second-order valence-electron chi connectivity index (χ2n) is 8.29. The molecule has 5 amide bonds. The van der Waals surface area contributed by atoms with Gasteiger partial charge in [-0.3, -0.25) is 19.7 Å². The molecule has 8 heteroatoms. The average molecular weight is 418 g/mol. The molecule has 158 valence electrons. The van der Waals surface area contributed by atoms with E-state index in [2.05, 4.69) is 10.2 Å². The molecule has 1 spiro atoms. The SMILES string of the molecule is NC(=O)c1ccc(N2C(=O)NC(=O)[C@]3(Cc4ccccc4N4CCCC[C@@H]43)C2=O)cc1. The minimum absolute atomic E-state index is 0.234. The van der Waals surface area contributed by atoms with Gasteiger partial charge in [-0.2, -0.15) is 0 Å². The number of rotatable bonds is 2. The molecule has 5 rings (SSSR count). The second-order valence-corrected chi connectivity index (χ2v) is 8.29. The van der Waals surface area contributed by atoms with Crippen LogP contribution in [0.2, 0.25) is 0 Å². The molecule has 0 unspecified atom stereocenters. The molecular weight excluding hydrogens is 396 g/mol. The molecule has 0 aromatic heterocycles. The monoisotopic (exact) mass is 418 g/mol. The standard InChI is InChI=1S/C23H22N4O4/c24-19(28)14-8-10-16(11-9-14)27-21(30)23(20(29)25-22(27)31)13-15-5-1-2-6-17(15)26-12-4-3-7-18(23)26/h1-2,5-6,8-11,18H,3-4,7,12-13H2,(H2,24,28)(H,25,29,31)/t18-,23-/m1/s1. The van der Waals surface area contributed by atoms with Gasteiger partial charge in [0.05, 0.1) is 11.7 Å². The van der Waals surface area contributed by atoms with E-state index in [9.17, 15) is 19.2 Å². The predicted molar refractivity (Wildman–Crippen MR) is 114 cm³/mol. The van der Waals surface area contributed by atoms with Crippen LogP contribution in [0.5, 0.6) is 0 Å². The summed E-state index contributed by atoms with van der Waals surface area (Å²) < 4.78 is 0. The van der Waals surface area contributed by atoms with Gasteiger partial charge >= 0.3 is 6.03 Å². The molecule has 3 aliphatic rings. The van der Waals surface area contributed by atoms with Crippen molar-refractivity contribution in [3.63, 3.8) is 0 Å². The van der Waals surface area contributed by atoms with Crippen LogP contribution in [0.1, 0.15) is 35.2 Å². The molecule has 2 atom stereocenters. The number of nitrogens with zero attached hydrogens (tertiary/aromatic N) is 2. The van der Waals surface area contributed by atoms with Gasteiger partial charge in [0.25, 0.3) is 5.91 Å². The number of barbiturate groups is 1. The van der Waals surface area contributed by atoms with Crippen molar-refractivity contribution in [2.24, 2.45) is 11.1 Å². The van der Waals surface area contributed by atoms with Gasteiger partial charge in [0.15, 0.2) is 5.41 Å². The molecule has 0 bridgehead atoms. The van der Waals surface area contributed by atoms with E-state index >= 15 is 0 Å². The molecule has 0 aliphatic carbocycles. The third kappa shape index (κ3) is 2.74. The Kier molecular flexibility index (Phi) is 4.32. The smallest absolute Gasteiger partial charge is 0.335 e. The number of nitrogens with two attached hydrogens (primary N) is 1. The Labute approximate surface area is 179 Å². The van der Waals surface area contributed by atoms with Gasteiger partial charge < -0.3 is 10.6 Å². The number of fused-ring (bicyclic) bond motifs is 4. The maximum absolute atomic E-state index is 13.9. The van der Waals surface area contributed by atoms with E-state index in [1.807, 2.05) is 24.3 Å². The van der Waals surface area contributed by atoms with Crippen molar-refractivity contribution >= 4 is 35.1 Å². The van der Waals surface area contributed by atoms with E-state index in [-0.39, 0.29) is 18.0 Å². The first kappa shape index (κ1) is 19.3. The summed E-state index contributed by atoms with van der Waals surface area (Å²) in [5.74, 6) is -1.67. The number of imide groups is 2. The highest BCUT2D eigenvalue weighted by Crippen LogP contribution is 2.47. The van der Waals surface area contributed by atoms with Gasteiger partial charge in [0.2, 0.25) is 11.8 Å². The zero-order valence-corrected chi connectivity index (χ0v) is 16.8. The molecular formula is C23H22N4O4. The summed E-state index contributed by atoms with van der Waals surface area (Å²) in [5.41, 5.74) is 6.43. The van der Waals surface area contributed by atoms with Crippen LogP contribution in [0.25, 0.3) is 0 Å². The summed E-state index contributed by atoms with van der Waals surface area (Å²) in [6, 6.07) is 12.6. The molecule has 31 heavy (non-hydrogen) atoms. The molecule has 2 aromatic carbocycles. The van der Waals surface area contributed by atoms with Gasteiger partial charge in [-0.1, -0.05) is 18.2 Å². The Morgan fingerprint density at radius 2 is 1.77 bits per heavy atom. The Morgan fingerprint density at radius 3 is 2.52 bits per heavy atom. The lowest BCUT2D eigenvalue weighted by molar-refractivity contribution is -0.145. The number of para-hydroxylation sites is 1. The van der Waals surface area contributed by atoms with Crippen molar-refractivity contribution < 1.29 is 19.2 Å². The van der Waals surface area contributed by atoms with Crippen molar-refractivity contribution in [2.45, 2.75) is 31.7 Å². The molecule has 2 fully saturated rings. The first-order valence-electron chi connectivity index (χ1n) is 10.4. The molecule has 8 nitrogen and oxygen atoms in total. The zero-order valence-electron chi connectivity index (χ0n) is 16.8. The first-order chi connectivity index (χ1) is 14.9. The molecule has 3 N–H and O–H groups in total. The third-order valence-corrected chi connectivity index (χ3v) is 6.67. The number of nitrogens with one attached hydrogen (secondary N) is 1. The van der Waals surface area contributed by atoms with Crippen molar-refractivity contribution in [3.8, 4) is 0 Å². The lowest BCUT2D eigenvalue weighted by Gasteiger charge is -2.53. The van der Waals surface area contributed by atoms with Crippen LogP contribution < -0.4 is 20.9 Å². The van der Waals surface area contributed by atoms with Gasteiger partial charge in [-0.25, -0.2) is 9.69 Å². The van der Waals surface area contributed by atoms with Crippen molar-refractivity contribution in [2.75, 3.05) is 16.3 Å². The first-order valence-corrected chi connectivity index (χ1v) is 10.4. The minimum Gasteiger partial charge on any atom is -0.367 e. The van der Waals surface area contributed by atoms with Crippen LogP contribution in [0, 0.1) is 5.41 Å². The molecule has 2 aromatic rings. The number of anilines is 2. The van der Waals surface area contributed by atoms with Crippen LogP contribution in [0.15, 0.2) is 48.5 Å². The Bertz CT molecular complexity index is 1110. The summed E-state index contributed by atoms with van der Waals surface area (Å²) in [6.07, 6.45) is 2.81. The van der Waals surface area contributed by atoms with E-state index in [4.69, 9.17) is 5.73 Å². The number of carbonyl (C=O) groups excluding carboxylic acids is 4. The van der Waals surface area contributed by atoms with Gasteiger partial charge in [-0.05, 0) is 61.6 Å². The van der Waals surface area contributed by atoms with Crippen LogP contribution in [-0.4, -0.2) is 36.3 Å². The molecule has 0 saturated carbocycles. The average Bonchev–Trinajstić information content (AvgIpc) is 2.78. The van der Waals surface area contributed by atoms with Crippen molar-refractivity contribution in [3.05, 3.63) is 59.7 Å². The number of carbonyl (C=O) groups is 4. The normalized spacial score (nSPS) is 25.2. The van der Waals surface area contributed by atoms with E-state index in [0.29, 0.717) is 12.1 Å². The van der Waals surface area contributed by atoms with Crippen LogP contribution in [-0.2, 0) is 16.0 Å². The largest absolute Gasteiger partial charge is 0.367 e. The summed E-state index contributed by atoms with van der Waals surface area (Å²) in [5, 5.41) is 2.43. The van der Waals surface area contributed by atoms with Crippen LogP contribution >= 0.6 is 0 Å². The van der Waals surface area contributed by atoms with E-state index < -0.39 is 29.2 Å². The number of hydrogen-bond acceptors (Lipinski definition) is 5. The van der Waals surface area contributed by atoms with Gasteiger partial charge in [0, 0.05) is 17.8 Å². The number of urea groups is 1. The fourth-order valence-corrected chi connectivity index (χ4v) is 5.20. The minimum atomic E-state index is -1.40. The molecule has 3 aliphatic heterocycles. The Morgan fingerprint density at radius 1 is 1.03 bits per heavy atom. The second kappa shape index (κ2) is 6.94. The molecule has 2 saturated heterocycles. The zero-order chi connectivity index (χ0) is 21.8. The van der Waals surface area contributed by atoms with Crippen LogP contribution in [0.3, 0.4) is 0 Å². The van der Waals surface area contributed by atoms with E-state index in [0.717, 1.165) is 35.5 Å². The van der Waals surface area contributed by atoms with Gasteiger partial charge in [-0.15, -0.1) is 0 Å².